The zero-order valence-corrected chi connectivity index (χ0v) is 9.18. The number of nitrogen functional groups attached to an aromatic ring is 2. The van der Waals surface area contributed by atoms with Crippen LogP contribution in [0.2, 0.25) is 0 Å². The van der Waals surface area contributed by atoms with Gasteiger partial charge in [0.25, 0.3) is 0 Å². The van der Waals surface area contributed by atoms with Crippen molar-refractivity contribution >= 4 is 17.3 Å². The van der Waals surface area contributed by atoms with Crippen LogP contribution >= 0.6 is 0 Å². The second kappa shape index (κ2) is 4.17. The summed E-state index contributed by atoms with van der Waals surface area (Å²) >= 11 is 0. The molecule has 0 fully saturated rings. The highest BCUT2D eigenvalue weighted by Gasteiger charge is 2.04. The van der Waals surface area contributed by atoms with Gasteiger partial charge in [-0.3, -0.25) is 4.79 Å². The molecule has 0 aliphatic carbocycles. The van der Waals surface area contributed by atoms with Gasteiger partial charge in [0.1, 0.15) is 0 Å². The average molecular weight is 227 g/mol. The fourth-order valence-electron chi connectivity index (χ4n) is 1.66. The van der Waals surface area contributed by atoms with E-state index in [4.69, 9.17) is 17.2 Å². The van der Waals surface area contributed by atoms with E-state index >= 15 is 0 Å². The van der Waals surface area contributed by atoms with Crippen molar-refractivity contribution in [3.05, 3.63) is 48.0 Å². The summed E-state index contributed by atoms with van der Waals surface area (Å²) in [6, 6.07) is 12.3. The molecule has 0 saturated heterocycles. The smallest absolute Gasteiger partial charge is 0.248 e. The maximum atomic E-state index is 10.9. The Balaban J connectivity index is 2.43. The molecule has 0 aliphatic heterocycles. The third-order valence-corrected chi connectivity index (χ3v) is 2.56. The SMILES string of the molecule is NC(=O)c1ccc(-c2ccc(N)cc2N)cc1. The van der Waals surface area contributed by atoms with Crippen molar-refractivity contribution in [3.63, 3.8) is 0 Å². The number of carbonyl (C=O) groups is 1. The molecule has 0 aromatic heterocycles. The van der Waals surface area contributed by atoms with E-state index in [1.807, 2.05) is 18.2 Å². The van der Waals surface area contributed by atoms with Crippen molar-refractivity contribution in [2.45, 2.75) is 0 Å². The van der Waals surface area contributed by atoms with Gasteiger partial charge in [-0.15, -0.1) is 0 Å². The van der Waals surface area contributed by atoms with Gasteiger partial charge in [0, 0.05) is 22.5 Å². The minimum Gasteiger partial charge on any atom is -0.399 e. The third kappa shape index (κ3) is 2.20. The highest BCUT2D eigenvalue weighted by molar-refractivity contribution is 5.93. The van der Waals surface area contributed by atoms with Crippen LogP contribution in [0.25, 0.3) is 11.1 Å². The molecule has 17 heavy (non-hydrogen) atoms. The van der Waals surface area contributed by atoms with Crippen LogP contribution in [0, 0.1) is 0 Å². The van der Waals surface area contributed by atoms with Crippen LogP contribution in [0.3, 0.4) is 0 Å². The molecule has 2 aromatic rings. The van der Waals surface area contributed by atoms with Crippen LogP contribution in [0.4, 0.5) is 11.4 Å². The predicted octanol–water partition coefficient (Wildman–Crippen LogP) is 1.62. The maximum Gasteiger partial charge on any atom is 0.248 e. The van der Waals surface area contributed by atoms with Gasteiger partial charge in [-0.05, 0) is 29.8 Å². The number of carbonyl (C=O) groups excluding carboxylic acids is 1. The first-order chi connectivity index (χ1) is 8.08. The summed E-state index contributed by atoms with van der Waals surface area (Å²) in [5.74, 6) is -0.443. The van der Waals surface area contributed by atoms with Crippen LogP contribution in [-0.2, 0) is 0 Å². The molecule has 6 N–H and O–H groups in total. The van der Waals surface area contributed by atoms with E-state index in [0.717, 1.165) is 11.1 Å². The monoisotopic (exact) mass is 227 g/mol. The number of hydrogen-bond acceptors (Lipinski definition) is 3. The minimum atomic E-state index is -0.443. The molecular formula is C13H13N3O. The van der Waals surface area contributed by atoms with Crippen molar-refractivity contribution in [2.24, 2.45) is 5.73 Å². The molecule has 4 heteroatoms. The molecule has 0 unspecified atom stereocenters. The van der Waals surface area contributed by atoms with E-state index in [-0.39, 0.29) is 0 Å². The molecule has 0 saturated carbocycles. The summed E-state index contributed by atoms with van der Waals surface area (Å²) in [6.45, 7) is 0. The fourth-order valence-corrected chi connectivity index (χ4v) is 1.66. The van der Waals surface area contributed by atoms with E-state index in [1.165, 1.54) is 0 Å². The van der Waals surface area contributed by atoms with E-state index in [9.17, 15) is 4.79 Å². The molecule has 0 spiro atoms. The topological polar surface area (TPSA) is 95.1 Å². The molecule has 2 rings (SSSR count). The Labute approximate surface area is 99.0 Å². The molecule has 0 heterocycles. The number of benzene rings is 2. The van der Waals surface area contributed by atoms with Crippen LogP contribution in [0.1, 0.15) is 10.4 Å². The maximum absolute atomic E-state index is 10.9. The molecular weight excluding hydrogens is 214 g/mol. The molecule has 2 aromatic carbocycles. The lowest BCUT2D eigenvalue weighted by Crippen LogP contribution is -2.10. The summed E-state index contributed by atoms with van der Waals surface area (Å²) < 4.78 is 0. The van der Waals surface area contributed by atoms with Crippen LogP contribution in [0.15, 0.2) is 42.5 Å². The molecule has 0 atom stereocenters. The van der Waals surface area contributed by atoms with Gasteiger partial charge < -0.3 is 17.2 Å². The number of amides is 1. The number of anilines is 2. The predicted molar refractivity (Wildman–Crippen MR) is 69.2 cm³/mol. The Morgan fingerprint density at radius 1 is 0.941 bits per heavy atom. The summed E-state index contributed by atoms with van der Waals surface area (Å²) in [5.41, 5.74) is 20.2. The van der Waals surface area contributed by atoms with Gasteiger partial charge in [-0.25, -0.2) is 0 Å². The third-order valence-electron chi connectivity index (χ3n) is 2.56. The number of hydrogen-bond donors (Lipinski definition) is 3. The van der Waals surface area contributed by atoms with E-state index in [1.54, 1.807) is 24.3 Å². The van der Waals surface area contributed by atoms with Gasteiger partial charge in [0.15, 0.2) is 0 Å². The summed E-state index contributed by atoms with van der Waals surface area (Å²) in [7, 11) is 0. The van der Waals surface area contributed by atoms with Crippen molar-refractivity contribution in [3.8, 4) is 11.1 Å². The lowest BCUT2D eigenvalue weighted by Gasteiger charge is -2.07. The molecule has 1 amide bonds. The first-order valence-electron chi connectivity index (χ1n) is 5.13. The Morgan fingerprint density at radius 2 is 1.59 bits per heavy atom. The van der Waals surface area contributed by atoms with E-state index < -0.39 is 5.91 Å². The number of primary amides is 1. The van der Waals surface area contributed by atoms with Crippen molar-refractivity contribution in [1.29, 1.82) is 0 Å². The van der Waals surface area contributed by atoms with Crippen LogP contribution in [0.5, 0.6) is 0 Å². The number of nitrogens with two attached hydrogens (primary N) is 3. The first kappa shape index (κ1) is 11.0. The lowest BCUT2D eigenvalue weighted by atomic mass is 10.0. The second-order valence-electron chi connectivity index (χ2n) is 3.79. The molecule has 0 radical (unpaired) electrons. The Morgan fingerprint density at radius 3 is 2.12 bits per heavy atom. The standard InChI is InChI=1S/C13H13N3O/c14-10-5-6-11(12(15)7-10)8-1-3-9(4-2-8)13(16)17/h1-7H,14-15H2,(H2,16,17). The van der Waals surface area contributed by atoms with Gasteiger partial charge >= 0.3 is 0 Å². The van der Waals surface area contributed by atoms with E-state index in [2.05, 4.69) is 0 Å². The second-order valence-corrected chi connectivity index (χ2v) is 3.79. The molecule has 86 valence electrons. The van der Waals surface area contributed by atoms with Gasteiger partial charge in [-0.2, -0.15) is 0 Å². The van der Waals surface area contributed by atoms with Crippen molar-refractivity contribution in [2.75, 3.05) is 11.5 Å². The van der Waals surface area contributed by atoms with E-state index in [0.29, 0.717) is 16.9 Å². The van der Waals surface area contributed by atoms with Crippen molar-refractivity contribution < 1.29 is 4.79 Å². The lowest BCUT2D eigenvalue weighted by molar-refractivity contribution is 0.100. The Kier molecular flexibility index (Phi) is 2.70. The summed E-state index contributed by atoms with van der Waals surface area (Å²) in [4.78, 5) is 10.9. The summed E-state index contributed by atoms with van der Waals surface area (Å²) in [6.07, 6.45) is 0. The van der Waals surface area contributed by atoms with Crippen LogP contribution < -0.4 is 17.2 Å². The van der Waals surface area contributed by atoms with Crippen molar-refractivity contribution in [1.82, 2.24) is 0 Å². The average Bonchev–Trinajstić information content (AvgIpc) is 2.29. The quantitative estimate of drug-likeness (QED) is 0.680. The zero-order chi connectivity index (χ0) is 12.4. The summed E-state index contributed by atoms with van der Waals surface area (Å²) in [5, 5.41) is 0. The highest BCUT2D eigenvalue weighted by Crippen LogP contribution is 2.27. The fraction of sp³-hybridized carbons (Fsp3) is 0. The molecule has 0 bridgehead atoms. The van der Waals surface area contributed by atoms with Gasteiger partial charge in [-0.1, -0.05) is 18.2 Å². The largest absolute Gasteiger partial charge is 0.399 e. The Hall–Kier alpha value is -2.49. The Bertz CT molecular complexity index is 561. The molecule has 0 aliphatic rings. The van der Waals surface area contributed by atoms with Gasteiger partial charge in [0.2, 0.25) is 5.91 Å². The minimum absolute atomic E-state index is 0.443. The molecule has 4 nitrogen and oxygen atoms in total. The van der Waals surface area contributed by atoms with Gasteiger partial charge in [0.05, 0.1) is 0 Å². The highest BCUT2D eigenvalue weighted by atomic mass is 16.1. The zero-order valence-electron chi connectivity index (χ0n) is 9.18. The first-order valence-corrected chi connectivity index (χ1v) is 5.13. The van der Waals surface area contributed by atoms with Crippen LogP contribution in [-0.4, -0.2) is 5.91 Å². The number of rotatable bonds is 2. The normalized spacial score (nSPS) is 10.1.